The van der Waals surface area contributed by atoms with E-state index in [0.717, 1.165) is 53.0 Å². The molecular weight excluding hydrogens is 471 g/mol. The van der Waals surface area contributed by atoms with E-state index >= 15 is 0 Å². The van der Waals surface area contributed by atoms with Crippen molar-refractivity contribution in [3.8, 4) is 0 Å². The van der Waals surface area contributed by atoms with Crippen molar-refractivity contribution in [1.82, 2.24) is 14.9 Å². The zero-order chi connectivity index (χ0) is 24.7. The van der Waals surface area contributed by atoms with Gasteiger partial charge in [-0.05, 0) is 85.5 Å². The number of aromatic nitrogens is 2. The van der Waals surface area contributed by atoms with Crippen LogP contribution in [0, 0.1) is 6.92 Å². The quantitative estimate of drug-likeness (QED) is 0.346. The van der Waals surface area contributed by atoms with Crippen LogP contribution < -0.4 is 10.9 Å². The maximum Gasteiger partial charge on any atom is 0.416 e. The van der Waals surface area contributed by atoms with E-state index in [0.29, 0.717) is 17.7 Å². The lowest BCUT2D eigenvalue weighted by atomic mass is 10.0. The van der Waals surface area contributed by atoms with Gasteiger partial charge in [-0.15, -0.1) is 11.3 Å². The van der Waals surface area contributed by atoms with Crippen LogP contribution in [-0.4, -0.2) is 9.55 Å². The molecular formula is C27H26F3N3OS. The van der Waals surface area contributed by atoms with E-state index in [1.165, 1.54) is 17.2 Å². The third-order valence-electron chi connectivity index (χ3n) is 6.66. The summed E-state index contributed by atoms with van der Waals surface area (Å²) < 4.78 is 41.5. The lowest BCUT2D eigenvalue weighted by molar-refractivity contribution is -0.137. The Morgan fingerprint density at radius 3 is 2.63 bits per heavy atom. The average Bonchev–Trinajstić information content (AvgIpc) is 3.46. The van der Waals surface area contributed by atoms with Gasteiger partial charge >= 0.3 is 6.18 Å². The van der Waals surface area contributed by atoms with E-state index in [-0.39, 0.29) is 18.1 Å². The normalized spacial score (nSPS) is 14.4. The zero-order valence-electron chi connectivity index (χ0n) is 19.6. The lowest BCUT2D eigenvalue weighted by Crippen LogP contribution is -2.29. The lowest BCUT2D eigenvalue weighted by Gasteiger charge is -2.17. The number of nitrogens with one attached hydrogen (secondary N) is 1. The molecule has 0 spiro atoms. The second-order valence-electron chi connectivity index (χ2n) is 9.19. The van der Waals surface area contributed by atoms with E-state index in [1.54, 1.807) is 22.0 Å². The highest BCUT2D eigenvalue weighted by Crippen LogP contribution is 2.31. The monoisotopic (exact) mass is 497 g/mol. The summed E-state index contributed by atoms with van der Waals surface area (Å²) in [5, 5.41) is 7.31. The van der Waals surface area contributed by atoms with Gasteiger partial charge in [-0.2, -0.15) is 13.2 Å². The van der Waals surface area contributed by atoms with Crippen molar-refractivity contribution in [2.24, 2.45) is 0 Å². The van der Waals surface area contributed by atoms with Gasteiger partial charge in [0.15, 0.2) is 0 Å². The highest BCUT2D eigenvalue weighted by atomic mass is 32.1. The molecule has 0 radical (unpaired) electrons. The van der Waals surface area contributed by atoms with Crippen molar-refractivity contribution >= 4 is 22.2 Å². The van der Waals surface area contributed by atoms with Crippen LogP contribution in [0.3, 0.4) is 0 Å². The summed E-state index contributed by atoms with van der Waals surface area (Å²) in [6, 6.07) is 11.3. The molecule has 8 heteroatoms. The molecule has 0 fully saturated rings. The molecule has 0 bridgehead atoms. The van der Waals surface area contributed by atoms with Crippen LogP contribution in [0.1, 0.15) is 57.9 Å². The SMILES string of the molecule is Cc1nc([C@H](C)NCc2cc3cc4c(cc3n(Cc3cccc(C(F)(F)F)c3)c2=O)CCC4)cs1. The van der Waals surface area contributed by atoms with Crippen molar-refractivity contribution in [2.75, 3.05) is 0 Å². The number of aryl methyl sites for hydroxylation is 3. The zero-order valence-corrected chi connectivity index (χ0v) is 20.4. The number of fused-ring (bicyclic) bond motifs is 2. The van der Waals surface area contributed by atoms with Gasteiger partial charge in [0.05, 0.1) is 28.3 Å². The minimum atomic E-state index is -4.43. The molecule has 4 nitrogen and oxygen atoms in total. The first-order valence-corrected chi connectivity index (χ1v) is 12.6. The van der Waals surface area contributed by atoms with Gasteiger partial charge in [0.2, 0.25) is 0 Å². The molecule has 182 valence electrons. The van der Waals surface area contributed by atoms with Crippen LogP contribution in [0.4, 0.5) is 13.2 Å². The molecule has 2 heterocycles. The van der Waals surface area contributed by atoms with Gasteiger partial charge in [-0.1, -0.05) is 12.1 Å². The summed E-state index contributed by atoms with van der Waals surface area (Å²) in [4.78, 5) is 18.1. The van der Waals surface area contributed by atoms with E-state index < -0.39 is 11.7 Å². The first-order chi connectivity index (χ1) is 16.7. The Kier molecular flexibility index (Phi) is 6.27. The predicted molar refractivity (Wildman–Crippen MR) is 133 cm³/mol. The fourth-order valence-corrected chi connectivity index (χ4v) is 5.48. The number of thiazole rings is 1. The molecule has 4 aromatic rings. The van der Waals surface area contributed by atoms with Crippen LogP contribution in [0.2, 0.25) is 0 Å². The van der Waals surface area contributed by atoms with Crippen molar-refractivity contribution in [3.05, 3.63) is 96.7 Å². The molecule has 0 saturated heterocycles. The molecule has 2 aromatic carbocycles. The van der Waals surface area contributed by atoms with Crippen LogP contribution in [-0.2, 0) is 32.1 Å². The standard InChI is InChI=1S/C27H26F3N3OS/c1-16(24-15-35-17(2)32-24)31-13-22-11-21-10-19-6-4-7-20(19)12-25(21)33(26(22)34)14-18-5-3-8-23(9-18)27(28,29)30/h3,5,8-12,15-16,31H,4,6-7,13-14H2,1-2H3/t16-/m0/s1. The van der Waals surface area contributed by atoms with E-state index in [1.807, 2.05) is 31.4 Å². The minimum absolute atomic E-state index is 0.0352. The summed E-state index contributed by atoms with van der Waals surface area (Å²) >= 11 is 1.58. The number of hydrogen-bond donors (Lipinski definition) is 1. The number of halogens is 3. The molecule has 0 unspecified atom stereocenters. The predicted octanol–water partition coefficient (Wildman–Crippen LogP) is 6.17. The molecule has 35 heavy (non-hydrogen) atoms. The van der Waals surface area contributed by atoms with Gasteiger partial charge in [0, 0.05) is 23.5 Å². The van der Waals surface area contributed by atoms with Crippen LogP contribution in [0.5, 0.6) is 0 Å². The summed E-state index contributed by atoms with van der Waals surface area (Å²) in [7, 11) is 0. The number of pyridine rings is 1. The highest BCUT2D eigenvalue weighted by Gasteiger charge is 2.30. The largest absolute Gasteiger partial charge is 0.416 e. The Labute approximate surface area is 205 Å². The van der Waals surface area contributed by atoms with Gasteiger partial charge in [0.1, 0.15) is 0 Å². The molecule has 5 rings (SSSR count). The summed E-state index contributed by atoms with van der Waals surface area (Å²) in [6.45, 7) is 4.37. The fourth-order valence-electron chi connectivity index (χ4n) is 4.77. The molecule has 1 atom stereocenters. The summed E-state index contributed by atoms with van der Waals surface area (Å²) in [5.41, 5.74) is 4.32. The maximum absolute atomic E-state index is 13.6. The van der Waals surface area contributed by atoms with Gasteiger partial charge in [0.25, 0.3) is 5.56 Å². The van der Waals surface area contributed by atoms with Gasteiger partial charge in [-0.25, -0.2) is 4.98 Å². The molecule has 1 aliphatic rings. The molecule has 0 saturated carbocycles. The molecule has 0 aliphatic heterocycles. The molecule has 2 aromatic heterocycles. The van der Waals surface area contributed by atoms with Crippen LogP contribution in [0.25, 0.3) is 10.9 Å². The average molecular weight is 498 g/mol. The Morgan fingerprint density at radius 1 is 1.14 bits per heavy atom. The van der Waals surface area contributed by atoms with Crippen molar-refractivity contribution in [2.45, 2.75) is 58.4 Å². The van der Waals surface area contributed by atoms with Crippen molar-refractivity contribution < 1.29 is 13.2 Å². The first-order valence-electron chi connectivity index (χ1n) is 11.7. The molecule has 1 N–H and O–H groups in total. The number of hydrogen-bond acceptors (Lipinski definition) is 4. The smallest absolute Gasteiger partial charge is 0.305 e. The second kappa shape index (κ2) is 9.24. The van der Waals surface area contributed by atoms with Gasteiger partial charge < -0.3 is 9.88 Å². The number of alkyl halides is 3. The maximum atomic E-state index is 13.6. The topological polar surface area (TPSA) is 46.9 Å². The Morgan fingerprint density at radius 2 is 1.91 bits per heavy atom. The van der Waals surface area contributed by atoms with Crippen LogP contribution in [0.15, 0.2) is 52.6 Å². The van der Waals surface area contributed by atoms with E-state index in [4.69, 9.17) is 0 Å². The van der Waals surface area contributed by atoms with Gasteiger partial charge in [-0.3, -0.25) is 4.79 Å². The Hall–Kier alpha value is -2.97. The highest BCUT2D eigenvalue weighted by molar-refractivity contribution is 7.09. The van der Waals surface area contributed by atoms with E-state index in [9.17, 15) is 18.0 Å². The fraction of sp³-hybridized carbons (Fsp3) is 0.333. The first kappa shape index (κ1) is 23.8. The number of benzene rings is 2. The Balaban J connectivity index is 1.54. The second-order valence-corrected chi connectivity index (χ2v) is 10.2. The molecule has 0 amide bonds. The minimum Gasteiger partial charge on any atom is -0.305 e. The van der Waals surface area contributed by atoms with E-state index in [2.05, 4.69) is 16.4 Å². The number of nitrogens with zero attached hydrogens (tertiary/aromatic N) is 2. The number of rotatable bonds is 6. The van der Waals surface area contributed by atoms with Crippen LogP contribution >= 0.6 is 11.3 Å². The third-order valence-corrected chi connectivity index (χ3v) is 7.45. The summed E-state index contributed by atoms with van der Waals surface area (Å²) in [6.07, 6.45) is -1.40. The van der Waals surface area contributed by atoms with Crippen molar-refractivity contribution in [1.29, 1.82) is 0 Å². The third kappa shape index (κ3) is 4.90. The summed E-state index contributed by atoms with van der Waals surface area (Å²) in [5.74, 6) is 0. The molecule has 1 aliphatic carbocycles. The van der Waals surface area contributed by atoms with Crippen molar-refractivity contribution in [3.63, 3.8) is 0 Å². The Bertz CT molecular complexity index is 1450.